The van der Waals surface area contributed by atoms with Crippen LogP contribution in [0.25, 0.3) is 10.8 Å². The quantitative estimate of drug-likeness (QED) is 0.444. The molecule has 0 spiro atoms. The van der Waals surface area contributed by atoms with Crippen molar-refractivity contribution in [2.45, 2.75) is 71.3 Å². The van der Waals surface area contributed by atoms with E-state index >= 15 is 0 Å². The average molecular weight is 410 g/mol. The summed E-state index contributed by atoms with van der Waals surface area (Å²) < 4.78 is 6.61. The maximum atomic E-state index is 12.7. The molecule has 1 amide bonds. The number of likely N-dealkylation sites (tertiary alicyclic amines) is 1. The zero-order valence-electron chi connectivity index (χ0n) is 18.7. The summed E-state index contributed by atoms with van der Waals surface area (Å²) in [6.45, 7) is 8.75. The number of allylic oxidation sites excluding steroid dienone is 1. The first kappa shape index (κ1) is 21.2. The van der Waals surface area contributed by atoms with E-state index in [9.17, 15) is 4.79 Å². The van der Waals surface area contributed by atoms with Crippen molar-refractivity contribution in [1.29, 1.82) is 0 Å². The van der Waals surface area contributed by atoms with Gasteiger partial charge in [0.2, 0.25) is 5.91 Å². The van der Waals surface area contributed by atoms with Crippen LogP contribution in [-0.4, -0.2) is 42.6 Å². The van der Waals surface area contributed by atoms with E-state index < -0.39 is 0 Å². The maximum absolute atomic E-state index is 12.7. The summed E-state index contributed by atoms with van der Waals surface area (Å²) in [6, 6.07) is 6.41. The number of rotatable bonds is 5. The minimum atomic E-state index is 0.132. The summed E-state index contributed by atoms with van der Waals surface area (Å²) in [7, 11) is 0. The van der Waals surface area contributed by atoms with Crippen LogP contribution in [0.5, 0.6) is 0 Å². The van der Waals surface area contributed by atoms with Crippen LogP contribution in [-0.2, 0) is 4.79 Å². The molecule has 0 saturated carbocycles. The predicted octanol–water partition coefficient (Wildman–Crippen LogP) is 6.07. The molecule has 1 fully saturated rings. The Balaban J connectivity index is 1.50. The lowest BCUT2D eigenvalue weighted by Gasteiger charge is -2.46. The lowest BCUT2D eigenvalue weighted by molar-refractivity contribution is -0.926. The summed E-state index contributed by atoms with van der Waals surface area (Å²) >= 11 is 0. The van der Waals surface area contributed by atoms with E-state index in [1.54, 1.807) is 25.0 Å². The molecule has 1 aromatic heterocycles. The van der Waals surface area contributed by atoms with Crippen LogP contribution < -0.4 is 4.90 Å². The third kappa shape index (κ3) is 4.49. The molecule has 2 heterocycles. The molecule has 2 aliphatic rings. The molecule has 4 heteroatoms. The highest BCUT2D eigenvalue weighted by atomic mass is 16.3. The summed E-state index contributed by atoms with van der Waals surface area (Å²) in [4.78, 5) is 14.7. The fraction of sp³-hybridized carbons (Fsp3) is 0.577. The van der Waals surface area contributed by atoms with Gasteiger partial charge >= 0.3 is 0 Å². The van der Waals surface area contributed by atoms with E-state index in [0.29, 0.717) is 0 Å². The smallest absolute Gasteiger partial charge is 0.224 e. The van der Waals surface area contributed by atoms with Crippen molar-refractivity contribution in [3.05, 3.63) is 42.4 Å². The topological polar surface area (TPSA) is 33.5 Å². The van der Waals surface area contributed by atoms with Crippen molar-refractivity contribution in [2.75, 3.05) is 31.1 Å². The van der Waals surface area contributed by atoms with Gasteiger partial charge in [-0.3, -0.25) is 4.79 Å². The molecule has 2 aromatic rings. The van der Waals surface area contributed by atoms with Crippen molar-refractivity contribution in [2.24, 2.45) is 0 Å². The largest absolute Gasteiger partial charge is 0.471 e. The molecule has 0 radical (unpaired) electrons. The van der Waals surface area contributed by atoms with Crippen molar-refractivity contribution < 1.29 is 13.7 Å². The molecule has 1 aliphatic carbocycles. The van der Waals surface area contributed by atoms with Crippen LogP contribution in [0, 0.1) is 0 Å². The van der Waals surface area contributed by atoms with E-state index in [4.69, 9.17) is 4.42 Å². The number of amides is 1. The first-order valence-corrected chi connectivity index (χ1v) is 11.9. The van der Waals surface area contributed by atoms with E-state index in [0.717, 1.165) is 42.4 Å². The predicted molar refractivity (Wildman–Crippen MR) is 124 cm³/mol. The maximum Gasteiger partial charge on any atom is 0.224 e. The second-order valence-corrected chi connectivity index (χ2v) is 9.35. The monoisotopic (exact) mass is 409 g/mol. The number of quaternary nitrogens is 1. The van der Waals surface area contributed by atoms with Crippen LogP contribution in [0.1, 0.15) is 65.2 Å². The Morgan fingerprint density at radius 1 is 1.13 bits per heavy atom. The molecule has 1 aliphatic heterocycles. The van der Waals surface area contributed by atoms with Gasteiger partial charge in [-0.2, -0.15) is 0 Å². The minimum Gasteiger partial charge on any atom is -0.471 e. The molecular formula is C26H37N2O2+. The van der Waals surface area contributed by atoms with Gasteiger partial charge in [-0.15, -0.1) is 0 Å². The molecule has 0 N–H and O–H groups in total. The van der Waals surface area contributed by atoms with Crippen LogP contribution in [0.2, 0.25) is 0 Å². The number of likely N-dealkylation sites (N-methyl/N-ethyl adjacent to an activating group) is 1. The molecule has 4 rings (SSSR count). The third-order valence-electron chi connectivity index (χ3n) is 7.43. The molecule has 0 unspecified atom stereocenters. The van der Waals surface area contributed by atoms with Gasteiger partial charge in [-0.25, -0.2) is 0 Å². The summed E-state index contributed by atoms with van der Waals surface area (Å²) in [5, 5.41) is 2.10. The molecule has 1 saturated heterocycles. The Morgan fingerprint density at radius 3 is 2.70 bits per heavy atom. The SMILES string of the molecule is CC[N+]1(C/C2=C/CCCCCC2)CCC(N(C(C)=O)c2cccc3cocc23)CC1. The lowest BCUT2D eigenvalue weighted by Crippen LogP contribution is -2.58. The standard InChI is InChI=1S/C26H37N2O2/c1-3-28(18-22-10-7-5-4-6-8-11-22)16-14-24(15-17-28)27(21(2)29)26-13-9-12-23-19-30-20-25(23)26/h9-10,12-13,19-20,24H,3-8,11,14-18H2,1-2H3/q+1/b22-10+. The number of fused-ring (bicyclic) bond motifs is 1. The fourth-order valence-electron chi connectivity index (χ4n) is 5.59. The summed E-state index contributed by atoms with van der Waals surface area (Å²) in [5.74, 6) is 0.132. The van der Waals surface area contributed by atoms with Crippen LogP contribution in [0.4, 0.5) is 5.69 Å². The van der Waals surface area contributed by atoms with Crippen LogP contribution in [0.3, 0.4) is 0 Å². The van der Waals surface area contributed by atoms with Gasteiger partial charge in [-0.05, 0) is 44.2 Å². The van der Waals surface area contributed by atoms with E-state index in [1.165, 1.54) is 56.1 Å². The average Bonchev–Trinajstić information content (AvgIpc) is 3.21. The molecule has 162 valence electrons. The third-order valence-corrected chi connectivity index (χ3v) is 7.43. The number of furan rings is 1. The number of nitrogens with zero attached hydrogens (tertiary/aromatic N) is 2. The van der Waals surface area contributed by atoms with Gasteiger partial charge in [0, 0.05) is 36.6 Å². The van der Waals surface area contributed by atoms with Gasteiger partial charge in [0.15, 0.2) is 0 Å². The Hall–Kier alpha value is -2.07. The molecule has 0 bridgehead atoms. The summed E-state index contributed by atoms with van der Waals surface area (Å²) in [6.07, 6.45) is 16.2. The molecule has 1 aromatic carbocycles. The van der Waals surface area contributed by atoms with Gasteiger partial charge in [-0.1, -0.05) is 31.1 Å². The number of benzene rings is 1. The zero-order valence-corrected chi connectivity index (χ0v) is 18.7. The second-order valence-electron chi connectivity index (χ2n) is 9.35. The highest BCUT2D eigenvalue weighted by molar-refractivity contribution is 6.02. The number of hydrogen-bond acceptors (Lipinski definition) is 2. The number of carbonyl (C=O) groups excluding carboxylic acids is 1. The van der Waals surface area contributed by atoms with Gasteiger partial charge in [0.1, 0.15) is 12.8 Å². The van der Waals surface area contributed by atoms with Gasteiger partial charge < -0.3 is 13.8 Å². The minimum absolute atomic E-state index is 0.132. The van der Waals surface area contributed by atoms with Gasteiger partial charge in [0.25, 0.3) is 0 Å². The molecule has 30 heavy (non-hydrogen) atoms. The van der Waals surface area contributed by atoms with Crippen molar-refractivity contribution in [3.63, 3.8) is 0 Å². The van der Waals surface area contributed by atoms with E-state index in [-0.39, 0.29) is 11.9 Å². The van der Waals surface area contributed by atoms with Gasteiger partial charge in [0.05, 0.1) is 31.6 Å². The zero-order chi connectivity index (χ0) is 21.0. The van der Waals surface area contributed by atoms with Crippen molar-refractivity contribution >= 4 is 22.4 Å². The Bertz CT molecular complexity index is 889. The van der Waals surface area contributed by atoms with Crippen LogP contribution in [0.15, 0.2) is 46.8 Å². The number of hydrogen-bond donors (Lipinski definition) is 0. The first-order chi connectivity index (χ1) is 14.6. The Kier molecular flexibility index (Phi) is 6.62. The normalized spacial score (nSPS) is 27.1. The Labute approximate surface area is 181 Å². The molecule has 0 atom stereocenters. The first-order valence-electron chi connectivity index (χ1n) is 11.9. The number of anilines is 1. The second kappa shape index (κ2) is 9.38. The number of piperidine rings is 1. The van der Waals surface area contributed by atoms with E-state index in [1.807, 2.05) is 17.0 Å². The highest BCUT2D eigenvalue weighted by Crippen LogP contribution is 2.33. The molecular weight excluding hydrogens is 372 g/mol. The van der Waals surface area contributed by atoms with Crippen molar-refractivity contribution in [1.82, 2.24) is 0 Å². The highest BCUT2D eigenvalue weighted by Gasteiger charge is 2.37. The van der Waals surface area contributed by atoms with Crippen LogP contribution >= 0.6 is 0 Å². The molecule has 4 nitrogen and oxygen atoms in total. The number of carbonyl (C=O) groups is 1. The fourth-order valence-corrected chi connectivity index (χ4v) is 5.59. The Morgan fingerprint density at radius 2 is 1.93 bits per heavy atom. The van der Waals surface area contributed by atoms with Crippen molar-refractivity contribution in [3.8, 4) is 0 Å². The summed E-state index contributed by atoms with van der Waals surface area (Å²) in [5.41, 5.74) is 2.68. The lowest BCUT2D eigenvalue weighted by atomic mass is 9.95. The van der Waals surface area contributed by atoms with E-state index in [2.05, 4.69) is 19.1 Å².